The first-order chi connectivity index (χ1) is 6.79. The molecular formula is C12H14N2. The first kappa shape index (κ1) is 9.00. The molecule has 0 spiro atoms. The zero-order valence-corrected chi connectivity index (χ0v) is 8.54. The van der Waals surface area contributed by atoms with E-state index in [9.17, 15) is 0 Å². The van der Waals surface area contributed by atoms with Crippen molar-refractivity contribution in [1.29, 1.82) is 0 Å². The summed E-state index contributed by atoms with van der Waals surface area (Å²) in [5.41, 5.74) is 3.66. The Morgan fingerprint density at radius 3 is 3.00 bits per heavy atom. The second-order valence-corrected chi connectivity index (χ2v) is 3.48. The minimum Gasteiger partial charge on any atom is -0.357 e. The SMILES string of the molecule is C/C=N/Cc1cc2cc(C)ccc2[nH]1. The fourth-order valence-corrected chi connectivity index (χ4v) is 1.59. The number of aromatic nitrogens is 1. The highest BCUT2D eigenvalue weighted by atomic mass is 14.8. The summed E-state index contributed by atoms with van der Waals surface area (Å²) in [6, 6.07) is 8.58. The monoisotopic (exact) mass is 186 g/mol. The molecule has 72 valence electrons. The van der Waals surface area contributed by atoms with E-state index in [1.54, 1.807) is 0 Å². The summed E-state index contributed by atoms with van der Waals surface area (Å²) in [5.74, 6) is 0. The number of hydrogen-bond donors (Lipinski definition) is 1. The van der Waals surface area contributed by atoms with Crippen molar-refractivity contribution in [3.8, 4) is 0 Å². The van der Waals surface area contributed by atoms with E-state index >= 15 is 0 Å². The van der Waals surface area contributed by atoms with Crippen molar-refractivity contribution in [2.45, 2.75) is 20.4 Å². The lowest BCUT2D eigenvalue weighted by Gasteiger charge is -1.90. The summed E-state index contributed by atoms with van der Waals surface area (Å²) in [6.07, 6.45) is 1.83. The van der Waals surface area contributed by atoms with Crippen molar-refractivity contribution < 1.29 is 0 Å². The van der Waals surface area contributed by atoms with Gasteiger partial charge >= 0.3 is 0 Å². The molecule has 0 atom stereocenters. The Morgan fingerprint density at radius 1 is 1.36 bits per heavy atom. The Bertz CT molecular complexity index is 466. The Balaban J connectivity index is 2.41. The molecule has 0 bridgehead atoms. The molecule has 0 saturated carbocycles. The van der Waals surface area contributed by atoms with Crippen molar-refractivity contribution in [3.63, 3.8) is 0 Å². The zero-order chi connectivity index (χ0) is 9.97. The number of H-pyrrole nitrogens is 1. The van der Waals surface area contributed by atoms with E-state index in [-0.39, 0.29) is 0 Å². The van der Waals surface area contributed by atoms with Crippen molar-refractivity contribution >= 4 is 17.1 Å². The van der Waals surface area contributed by atoms with Crippen LogP contribution in [0.1, 0.15) is 18.2 Å². The van der Waals surface area contributed by atoms with Crippen LogP contribution in [0.4, 0.5) is 0 Å². The van der Waals surface area contributed by atoms with Gasteiger partial charge in [-0.1, -0.05) is 11.6 Å². The van der Waals surface area contributed by atoms with Crippen LogP contribution < -0.4 is 0 Å². The molecule has 2 nitrogen and oxygen atoms in total. The van der Waals surface area contributed by atoms with Gasteiger partial charge in [-0.3, -0.25) is 4.99 Å². The van der Waals surface area contributed by atoms with Crippen molar-refractivity contribution in [1.82, 2.24) is 4.98 Å². The van der Waals surface area contributed by atoms with Crippen LogP contribution in [0.5, 0.6) is 0 Å². The molecule has 0 amide bonds. The lowest BCUT2D eigenvalue weighted by atomic mass is 10.2. The molecular weight excluding hydrogens is 172 g/mol. The third-order valence-electron chi connectivity index (χ3n) is 2.28. The third kappa shape index (κ3) is 1.69. The Hall–Kier alpha value is -1.57. The number of fused-ring (bicyclic) bond motifs is 1. The number of hydrogen-bond acceptors (Lipinski definition) is 1. The highest BCUT2D eigenvalue weighted by Crippen LogP contribution is 2.17. The number of benzene rings is 1. The van der Waals surface area contributed by atoms with E-state index in [1.165, 1.54) is 22.2 Å². The van der Waals surface area contributed by atoms with E-state index < -0.39 is 0 Å². The maximum Gasteiger partial charge on any atom is 0.0785 e. The van der Waals surface area contributed by atoms with Crippen molar-refractivity contribution in [3.05, 3.63) is 35.5 Å². The van der Waals surface area contributed by atoms with E-state index in [2.05, 4.69) is 41.2 Å². The summed E-state index contributed by atoms with van der Waals surface area (Å²) < 4.78 is 0. The Kier molecular flexibility index (Phi) is 2.35. The molecule has 2 rings (SSSR count). The van der Waals surface area contributed by atoms with Gasteiger partial charge < -0.3 is 4.98 Å². The second kappa shape index (κ2) is 3.66. The minimum atomic E-state index is 0.740. The standard InChI is InChI=1S/C12H14N2/c1-3-13-8-11-7-10-6-9(2)4-5-12(10)14-11/h3-7,14H,8H2,1-2H3/b13-3+. The maximum absolute atomic E-state index is 4.20. The molecule has 2 aromatic rings. The molecule has 0 radical (unpaired) electrons. The highest BCUT2D eigenvalue weighted by Gasteiger charge is 1.98. The van der Waals surface area contributed by atoms with Crippen LogP contribution in [0.3, 0.4) is 0 Å². The smallest absolute Gasteiger partial charge is 0.0785 e. The van der Waals surface area contributed by atoms with Crippen molar-refractivity contribution in [2.24, 2.45) is 4.99 Å². The Labute approximate surface area is 83.7 Å². The predicted octanol–water partition coefficient (Wildman–Crippen LogP) is 3.07. The van der Waals surface area contributed by atoms with Gasteiger partial charge in [-0.05, 0) is 43.6 Å². The van der Waals surface area contributed by atoms with Crippen molar-refractivity contribution in [2.75, 3.05) is 0 Å². The molecule has 1 aromatic carbocycles. The second-order valence-electron chi connectivity index (χ2n) is 3.48. The molecule has 1 heterocycles. The lowest BCUT2D eigenvalue weighted by Crippen LogP contribution is -1.79. The van der Waals surface area contributed by atoms with Crippen LogP contribution in [0, 0.1) is 6.92 Å². The average molecular weight is 186 g/mol. The topological polar surface area (TPSA) is 28.1 Å². The van der Waals surface area contributed by atoms with Gasteiger partial charge in [-0.2, -0.15) is 0 Å². The summed E-state index contributed by atoms with van der Waals surface area (Å²) in [4.78, 5) is 7.55. The number of rotatable bonds is 2. The number of aliphatic imine (C=N–C) groups is 1. The van der Waals surface area contributed by atoms with Crippen LogP contribution >= 0.6 is 0 Å². The fourth-order valence-electron chi connectivity index (χ4n) is 1.59. The van der Waals surface area contributed by atoms with E-state index in [1.807, 2.05) is 13.1 Å². The molecule has 0 aliphatic carbocycles. The largest absolute Gasteiger partial charge is 0.357 e. The normalized spacial score (nSPS) is 11.6. The van der Waals surface area contributed by atoms with Crippen LogP contribution in [0.15, 0.2) is 29.3 Å². The number of nitrogens with zero attached hydrogens (tertiary/aromatic N) is 1. The number of aryl methyl sites for hydroxylation is 1. The van der Waals surface area contributed by atoms with Crippen LogP contribution in [0.2, 0.25) is 0 Å². The van der Waals surface area contributed by atoms with E-state index in [0.29, 0.717) is 0 Å². The molecule has 1 aromatic heterocycles. The molecule has 2 heteroatoms. The number of aromatic amines is 1. The number of nitrogens with one attached hydrogen (secondary N) is 1. The lowest BCUT2D eigenvalue weighted by molar-refractivity contribution is 1.02. The van der Waals surface area contributed by atoms with Gasteiger partial charge in [0.1, 0.15) is 0 Å². The van der Waals surface area contributed by atoms with Crippen LogP contribution in [-0.4, -0.2) is 11.2 Å². The minimum absolute atomic E-state index is 0.740. The first-order valence-electron chi connectivity index (χ1n) is 4.82. The summed E-state index contributed by atoms with van der Waals surface area (Å²) >= 11 is 0. The Morgan fingerprint density at radius 2 is 2.21 bits per heavy atom. The summed E-state index contributed by atoms with van der Waals surface area (Å²) in [5, 5.41) is 1.27. The molecule has 0 aliphatic rings. The van der Waals surface area contributed by atoms with Crippen LogP contribution in [-0.2, 0) is 6.54 Å². The quantitative estimate of drug-likeness (QED) is 0.698. The van der Waals surface area contributed by atoms with Gasteiger partial charge in [0.05, 0.1) is 6.54 Å². The fraction of sp³-hybridized carbons (Fsp3) is 0.250. The van der Waals surface area contributed by atoms with Gasteiger partial charge in [-0.25, -0.2) is 0 Å². The van der Waals surface area contributed by atoms with Gasteiger partial charge in [0.25, 0.3) is 0 Å². The van der Waals surface area contributed by atoms with Gasteiger partial charge in [0.2, 0.25) is 0 Å². The highest BCUT2D eigenvalue weighted by molar-refractivity contribution is 5.81. The maximum atomic E-state index is 4.20. The zero-order valence-electron chi connectivity index (χ0n) is 8.54. The molecule has 14 heavy (non-hydrogen) atoms. The van der Waals surface area contributed by atoms with Gasteiger partial charge in [0, 0.05) is 11.2 Å². The molecule has 0 unspecified atom stereocenters. The molecule has 0 aliphatic heterocycles. The van der Waals surface area contributed by atoms with Crippen LogP contribution in [0.25, 0.3) is 10.9 Å². The predicted molar refractivity (Wildman–Crippen MR) is 60.9 cm³/mol. The molecule has 0 fully saturated rings. The molecule has 1 N–H and O–H groups in total. The molecule has 0 saturated heterocycles. The van der Waals surface area contributed by atoms with Gasteiger partial charge in [-0.15, -0.1) is 0 Å². The average Bonchev–Trinajstić information content (AvgIpc) is 2.56. The van der Waals surface area contributed by atoms with E-state index in [0.717, 1.165) is 6.54 Å². The van der Waals surface area contributed by atoms with E-state index in [4.69, 9.17) is 0 Å². The van der Waals surface area contributed by atoms with Gasteiger partial charge in [0.15, 0.2) is 0 Å². The first-order valence-corrected chi connectivity index (χ1v) is 4.82. The summed E-state index contributed by atoms with van der Waals surface area (Å²) in [6.45, 7) is 4.79. The third-order valence-corrected chi connectivity index (χ3v) is 2.28. The summed E-state index contributed by atoms with van der Waals surface area (Å²) in [7, 11) is 0.